The lowest BCUT2D eigenvalue weighted by molar-refractivity contribution is -0.110. The number of rotatable bonds is 6. The standard InChI is InChI=1S/C20H16Cl2F3N7O2S/c1-8(2)28-18(33)9-6-11-16(32-35-31-11)14(22)15(9)30-19(34)12(7-13(26)20(23,24)25)29-17-10(21)4-3-5-27-17/h3-8H,26H2,1-2H3,(H,28,33)(H,30,34). The number of pyridine rings is 1. The average molecular weight is 546 g/mol. The van der Waals surface area contributed by atoms with E-state index < -0.39 is 29.4 Å². The molecule has 0 aliphatic heterocycles. The van der Waals surface area contributed by atoms with Gasteiger partial charge in [0, 0.05) is 12.2 Å². The number of nitrogens with two attached hydrogens (primary N) is 1. The Morgan fingerprint density at radius 3 is 2.60 bits per heavy atom. The van der Waals surface area contributed by atoms with Crippen LogP contribution in [-0.4, -0.2) is 43.5 Å². The molecule has 0 saturated carbocycles. The second-order valence-electron chi connectivity index (χ2n) is 7.23. The maximum Gasteiger partial charge on any atom is 0.430 e. The number of anilines is 1. The van der Waals surface area contributed by atoms with E-state index in [1.165, 1.54) is 24.4 Å². The van der Waals surface area contributed by atoms with Gasteiger partial charge in [-0.15, -0.1) is 0 Å². The number of carbonyl (C=O) groups is 2. The molecular formula is C20H16Cl2F3N7O2S. The zero-order chi connectivity index (χ0) is 25.9. The van der Waals surface area contributed by atoms with Crippen LogP contribution in [0.1, 0.15) is 24.2 Å². The van der Waals surface area contributed by atoms with Crippen molar-refractivity contribution in [2.75, 3.05) is 5.32 Å². The number of aliphatic imine (C=N–C) groups is 1. The van der Waals surface area contributed by atoms with Gasteiger partial charge in [0.05, 0.1) is 33.0 Å². The molecule has 35 heavy (non-hydrogen) atoms. The van der Waals surface area contributed by atoms with Gasteiger partial charge in [-0.1, -0.05) is 23.2 Å². The minimum Gasteiger partial charge on any atom is -0.395 e. The number of alkyl halides is 3. The summed E-state index contributed by atoms with van der Waals surface area (Å²) in [6, 6.07) is 3.93. The molecule has 1 aromatic carbocycles. The van der Waals surface area contributed by atoms with Gasteiger partial charge in [0.1, 0.15) is 22.4 Å². The molecule has 0 bridgehead atoms. The topological polar surface area (TPSA) is 135 Å². The summed E-state index contributed by atoms with van der Waals surface area (Å²) < 4.78 is 47.4. The molecule has 9 nitrogen and oxygen atoms in total. The molecule has 2 aromatic heterocycles. The molecule has 3 rings (SSSR count). The van der Waals surface area contributed by atoms with Crippen LogP contribution in [0, 0.1) is 0 Å². The highest BCUT2D eigenvalue weighted by atomic mass is 35.5. The second kappa shape index (κ2) is 10.5. The van der Waals surface area contributed by atoms with E-state index in [0.29, 0.717) is 11.6 Å². The first-order chi connectivity index (χ1) is 16.4. The van der Waals surface area contributed by atoms with Crippen LogP contribution in [-0.2, 0) is 4.79 Å². The van der Waals surface area contributed by atoms with Crippen molar-refractivity contribution in [2.24, 2.45) is 10.7 Å². The Balaban J connectivity index is 2.13. The van der Waals surface area contributed by atoms with Gasteiger partial charge in [0.2, 0.25) is 0 Å². The highest BCUT2D eigenvalue weighted by Crippen LogP contribution is 2.34. The van der Waals surface area contributed by atoms with Crippen LogP contribution in [0.25, 0.3) is 11.0 Å². The highest BCUT2D eigenvalue weighted by molar-refractivity contribution is 7.00. The van der Waals surface area contributed by atoms with E-state index in [1.807, 2.05) is 0 Å². The van der Waals surface area contributed by atoms with E-state index in [4.69, 9.17) is 28.9 Å². The molecule has 0 radical (unpaired) electrons. The van der Waals surface area contributed by atoms with Crippen molar-refractivity contribution in [3.05, 3.63) is 51.8 Å². The van der Waals surface area contributed by atoms with E-state index in [9.17, 15) is 22.8 Å². The molecule has 0 spiro atoms. The van der Waals surface area contributed by atoms with E-state index >= 15 is 0 Å². The van der Waals surface area contributed by atoms with Crippen LogP contribution in [0.5, 0.6) is 0 Å². The number of allylic oxidation sites excluding steroid dienone is 1. The lowest BCUT2D eigenvalue weighted by Gasteiger charge is -2.15. The predicted molar refractivity (Wildman–Crippen MR) is 128 cm³/mol. The van der Waals surface area contributed by atoms with E-state index in [-0.39, 0.29) is 38.7 Å². The molecule has 0 saturated heterocycles. The predicted octanol–water partition coefficient (Wildman–Crippen LogP) is 4.65. The largest absolute Gasteiger partial charge is 0.430 e. The molecular weight excluding hydrogens is 530 g/mol. The Bertz CT molecular complexity index is 1360. The van der Waals surface area contributed by atoms with Crippen molar-refractivity contribution < 1.29 is 22.8 Å². The summed E-state index contributed by atoms with van der Waals surface area (Å²) in [5.74, 6) is -2.00. The number of fused-ring (bicyclic) bond motifs is 1. The van der Waals surface area contributed by atoms with Crippen molar-refractivity contribution >= 4 is 75.0 Å². The molecule has 0 aliphatic rings. The van der Waals surface area contributed by atoms with E-state index in [1.54, 1.807) is 13.8 Å². The molecule has 184 valence electrons. The van der Waals surface area contributed by atoms with Gasteiger partial charge in [-0.2, -0.15) is 21.9 Å². The number of carbonyl (C=O) groups excluding carboxylic acids is 2. The Labute approximate surface area is 210 Å². The first-order valence-corrected chi connectivity index (χ1v) is 11.2. The molecule has 4 N–H and O–H groups in total. The number of nitrogens with one attached hydrogen (secondary N) is 2. The first kappa shape index (κ1) is 26.3. The lowest BCUT2D eigenvalue weighted by Crippen LogP contribution is -2.32. The molecule has 15 heteroatoms. The van der Waals surface area contributed by atoms with Gasteiger partial charge in [0.15, 0.2) is 5.82 Å². The van der Waals surface area contributed by atoms with Crippen LogP contribution in [0.3, 0.4) is 0 Å². The summed E-state index contributed by atoms with van der Waals surface area (Å²) in [7, 11) is 0. The lowest BCUT2D eigenvalue weighted by atomic mass is 10.1. The number of hydrogen-bond acceptors (Lipinski definition) is 8. The summed E-state index contributed by atoms with van der Waals surface area (Å²) in [5, 5.41) is 4.84. The molecule has 0 fully saturated rings. The summed E-state index contributed by atoms with van der Waals surface area (Å²) >= 11 is 13.2. The zero-order valence-corrected chi connectivity index (χ0v) is 20.3. The third-order valence-corrected chi connectivity index (χ3v) is 5.42. The van der Waals surface area contributed by atoms with Gasteiger partial charge in [-0.25, -0.2) is 9.98 Å². The van der Waals surface area contributed by atoms with Crippen molar-refractivity contribution in [3.63, 3.8) is 0 Å². The fourth-order valence-electron chi connectivity index (χ4n) is 2.66. The SMILES string of the molecule is CC(C)NC(=O)c1cc2nsnc2c(Cl)c1NC(=O)C(C=C(N)C(F)(F)F)=Nc1ncccc1Cl. The van der Waals surface area contributed by atoms with Crippen molar-refractivity contribution in [1.82, 2.24) is 19.0 Å². The van der Waals surface area contributed by atoms with Gasteiger partial charge >= 0.3 is 6.18 Å². The van der Waals surface area contributed by atoms with Crippen LogP contribution in [0.2, 0.25) is 10.0 Å². The number of aromatic nitrogens is 3. The first-order valence-electron chi connectivity index (χ1n) is 9.69. The minimum absolute atomic E-state index is 0.0261. The van der Waals surface area contributed by atoms with Crippen LogP contribution < -0.4 is 16.4 Å². The van der Waals surface area contributed by atoms with Gasteiger partial charge in [-0.05, 0) is 38.1 Å². The van der Waals surface area contributed by atoms with Crippen molar-refractivity contribution in [1.29, 1.82) is 0 Å². The Kier molecular flexibility index (Phi) is 7.93. The summed E-state index contributed by atoms with van der Waals surface area (Å²) in [5.41, 5.74) is 2.92. The van der Waals surface area contributed by atoms with Gasteiger partial charge < -0.3 is 16.4 Å². The quantitative estimate of drug-likeness (QED) is 0.386. The molecule has 2 heterocycles. The third kappa shape index (κ3) is 6.24. The number of benzene rings is 1. The van der Waals surface area contributed by atoms with Gasteiger partial charge in [-0.3, -0.25) is 9.59 Å². The number of amides is 2. The molecule has 2 amide bonds. The summed E-state index contributed by atoms with van der Waals surface area (Å²) in [6.07, 6.45) is -3.34. The number of nitrogens with zero attached hydrogens (tertiary/aromatic N) is 4. The van der Waals surface area contributed by atoms with Crippen LogP contribution in [0.4, 0.5) is 24.7 Å². The second-order valence-corrected chi connectivity index (χ2v) is 8.54. The number of hydrogen-bond donors (Lipinski definition) is 3. The monoisotopic (exact) mass is 545 g/mol. The summed E-state index contributed by atoms with van der Waals surface area (Å²) in [4.78, 5) is 33.6. The highest BCUT2D eigenvalue weighted by Gasteiger charge is 2.33. The fraction of sp³-hybridized carbons (Fsp3) is 0.200. The normalized spacial score (nSPS) is 12.8. The summed E-state index contributed by atoms with van der Waals surface area (Å²) in [6.45, 7) is 3.43. The molecule has 0 atom stereocenters. The maximum absolute atomic E-state index is 13.1. The van der Waals surface area contributed by atoms with Crippen molar-refractivity contribution in [3.8, 4) is 0 Å². The molecule has 0 unspecified atom stereocenters. The molecule has 3 aromatic rings. The maximum atomic E-state index is 13.1. The fourth-order valence-corrected chi connectivity index (χ4v) is 3.69. The Morgan fingerprint density at radius 1 is 1.26 bits per heavy atom. The molecule has 0 aliphatic carbocycles. The number of halogens is 5. The van der Waals surface area contributed by atoms with Crippen LogP contribution in [0.15, 0.2) is 41.2 Å². The smallest absolute Gasteiger partial charge is 0.395 e. The third-order valence-electron chi connectivity index (χ3n) is 4.21. The Morgan fingerprint density at radius 2 is 1.97 bits per heavy atom. The van der Waals surface area contributed by atoms with Crippen molar-refractivity contribution in [2.45, 2.75) is 26.1 Å². The van der Waals surface area contributed by atoms with E-state index in [0.717, 1.165) is 11.7 Å². The zero-order valence-electron chi connectivity index (χ0n) is 17.9. The minimum atomic E-state index is -4.94. The van der Waals surface area contributed by atoms with Gasteiger partial charge in [0.25, 0.3) is 11.8 Å². The van der Waals surface area contributed by atoms with Crippen LogP contribution >= 0.6 is 34.9 Å². The average Bonchev–Trinajstić information content (AvgIpc) is 3.24. The Hall–Kier alpha value is -3.29. The van der Waals surface area contributed by atoms with E-state index in [2.05, 4.69) is 29.4 Å².